The van der Waals surface area contributed by atoms with Gasteiger partial charge in [-0.05, 0) is 49.1 Å². The van der Waals surface area contributed by atoms with E-state index in [1.807, 2.05) is 17.7 Å². The number of carbonyl (C=O) groups is 1. The normalized spacial score (nSPS) is 15.0. The molecule has 9 heteroatoms. The Labute approximate surface area is 173 Å². The maximum Gasteiger partial charge on any atom is 0.277 e. The van der Waals surface area contributed by atoms with E-state index in [1.54, 1.807) is 11.5 Å². The fourth-order valence-corrected chi connectivity index (χ4v) is 4.00. The summed E-state index contributed by atoms with van der Waals surface area (Å²) in [7, 11) is 1.94. The Morgan fingerprint density at radius 1 is 1.27 bits per heavy atom. The summed E-state index contributed by atoms with van der Waals surface area (Å²) < 4.78 is 15.4. The van der Waals surface area contributed by atoms with Crippen LogP contribution in [-0.2, 0) is 13.6 Å². The molecule has 1 aliphatic heterocycles. The number of amides is 1. The van der Waals surface area contributed by atoms with Crippen LogP contribution in [0.4, 0.5) is 10.3 Å². The summed E-state index contributed by atoms with van der Waals surface area (Å²) in [5.74, 6) is 0.319. The summed E-state index contributed by atoms with van der Waals surface area (Å²) >= 11 is 0. The van der Waals surface area contributed by atoms with Crippen molar-refractivity contribution in [1.82, 2.24) is 25.3 Å². The van der Waals surface area contributed by atoms with Gasteiger partial charge in [0.2, 0.25) is 5.95 Å². The number of carbonyl (C=O) groups excluding carboxylic acids is 1. The number of aromatic nitrogens is 3. The van der Waals surface area contributed by atoms with Crippen molar-refractivity contribution in [2.24, 2.45) is 13.0 Å². The summed E-state index contributed by atoms with van der Waals surface area (Å²) in [6.45, 7) is 3.37. The number of anilines is 1. The van der Waals surface area contributed by atoms with E-state index >= 15 is 0 Å². The largest absolute Gasteiger partial charge is 0.350 e. The van der Waals surface area contributed by atoms with E-state index in [-0.39, 0.29) is 11.4 Å². The number of piperidine rings is 1. The van der Waals surface area contributed by atoms with Crippen LogP contribution in [0.3, 0.4) is 0 Å². The number of nitrogens with one attached hydrogen (secondary N) is 2. The fraction of sp³-hybridized carbons (Fsp3) is 0.381. The zero-order valence-corrected chi connectivity index (χ0v) is 16.8. The number of hydrogen-bond acceptors (Lipinski definition) is 6. The SMILES string of the molecule is Cn1cc(CNCC2CCN(c3ncc(C(=O)NO)cn3)CC2)c2ccc(F)cc21. The topological polar surface area (TPSA) is 95.3 Å². The minimum absolute atomic E-state index is 0.217. The number of nitrogens with zero attached hydrogens (tertiary/aromatic N) is 4. The summed E-state index contributed by atoms with van der Waals surface area (Å²) in [5, 5.41) is 13.3. The predicted molar refractivity (Wildman–Crippen MR) is 111 cm³/mol. The highest BCUT2D eigenvalue weighted by Crippen LogP contribution is 2.23. The third-order valence-electron chi connectivity index (χ3n) is 5.68. The lowest BCUT2D eigenvalue weighted by atomic mass is 9.97. The van der Waals surface area contributed by atoms with Crippen molar-refractivity contribution in [3.05, 3.63) is 53.7 Å². The highest BCUT2D eigenvalue weighted by atomic mass is 19.1. The maximum atomic E-state index is 13.5. The number of halogens is 1. The zero-order chi connectivity index (χ0) is 21.1. The summed E-state index contributed by atoms with van der Waals surface area (Å²) in [6.07, 6.45) is 6.93. The van der Waals surface area contributed by atoms with E-state index in [2.05, 4.69) is 26.4 Å². The summed E-state index contributed by atoms with van der Waals surface area (Å²) in [4.78, 5) is 21.9. The summed E-state index contributed by atoms with van der Waals surface area (Å²) in [6, 6.07) is 4.92. The molecule has 0 bridgehead atoms. The van der Waals surface area contributed by atoms with E-state index in [9.17, 15) is 9.18 Å². The van der Waals surface area contributed by atoms with Crippen molar-refractivity contribution in [1.29, 1.82) is 0 Å². The van der Waals surface area contributed by atoms with Crippen LogP contribution in [0.15, 0.2) is 36.8 Å². The highest BCUT2D eigenvalue weighted by Gasteiger charge is 2.21. The third kappa shape index (κ3) is 4.27. The molecule has 0 radical (unpaired) electrons. The first-order chi connectivity index (χ1) is 14.5. The average molecular weight is 412 g/mol. The van der Waals surface area contributed by atoms with E-state index in [0.29, 0.717) is 11.9 Å². The minimum Gasteiger partial charge on any atom is -0.350 e. The van der Waals surface area contributed by atoms with Crippen molar-refractivity contribution >= 4 is 22.8 Å². The first kappa shape index (κ1) is 20.2. The molecule has 0 unspecified atom stereocenters. The smallest absolute Gasteiger partial charge is 0.277 e. The van der Waals surface area contributed by atoms with Gasteiger partial charge in [-0.3, -0.25) is 10.0 Å². The van der Waals surface area contributed by atoms with Gasteiger partial charge in [0, 0.05) is 50.7 Å². The highest BCUT2D eigenvalue weighted by molar-refractivity contribution is 5.92. The standard InChI is InChI=1S/C21H25FN6O2/c1-27-13-16(18-3-2-17(22)8-19(18)27)10-23-9-14-4-6-28(7-5-14)21-24-11-15(12-25-21)20(29)26-30/h2-3,8,11-14,23,30H,4-7,9-10H2,1H3,(H,26,29). The maximum absolute atomic E-state index is 13.5. The van der Waals surface area contributed by atoms with Gasteiger partial charge in [-0.2, -0.15) is 0 Å². The molecule has 0 atom stereocenters. The van der Waals surface area contributed by atoms with E-state index in [0.717, 1.165) is 49.9 Å². The molecule has 1 aromatic carbocycles. The Morgan fingerprint density at radius 2 is 2.00 bits per heavy atom. The molecule has 0 spiro atoms. The van der Waals surface area contributed by atoms with Gasteiger partial charge in [-0.1, -0.05) is 0 Å². The molecule has 0 saturated carbocycles. The van der Waals surface area contributed by atoms with Crippen LogP contribution in [0.2, 0.25) is 0 Å². The number of hydroxylamine groups is 1. The number of hydrogen-bond donors (Lipinski definition) is 3. The van der Waals surface area contributed by atoms with Gasteiger partial charge in [0.15, 0.2) is 0 Å². The Morgan fingerprint density at radius 3 is 2.70 bits per heavy atom. The molecule has 158 valence electrons. The summed E-state index contributed by atoms with van der Waals surface area (Å²) in [5.41, 5.74) is 3.87. The van der Waals surface area contributed by atoms with Gasteiger partial charge >= 0.3 is 0 Å². The zero-order valence-electron chi connectivity index (χ0n) is 16.8. The van der Waals surface area contributed by atoms with Gasteiger partial charge < -0.3 is 14.8 Å². The Hall–Kier alpha value is -3.04. The van der Waals surface area contributed by atoms with Crippen molar-refractivity contribution in [3.8, 4) is 0 Å². The second-order valence-corrected chi connectivity index (χ2v) is 7.70. The molecule has 3 N–H and O–H groups in total. The fourth-order valence-electron chi connectivity index (χ4n) is 4.00. The number of aryl methyl sites for hydroxylation is 1. The predicted octanol–water partition coefficient (Wildman–Crippen LogP) is 2.23. The van der Waals surface area contributed by atoms with Crippen molar-refractivity contribution < 1.29 is 14.4 Å². The molecule has 3 aromatic rings. The minimum atomic E-state index is -0.623. The molecule has 30 heavy (non-hydrogen) atoms. The second kappa shape index (κ2) is 8.76. The molecule has 3 heterocycles. The molecular formula is C21H25FN6O2. The molecule has 1 fully saturated rings. The van der Waals surface area contributed by atoms with Crippen LogP contribution in [0, 0.1) is 11.7 Å². The van der Waals surface area contributed by atoms with Crippen molar-refractivity contribution in [2.45, 2.75) is 19.4 Å². The Bertz CT molecular complexity index is 1030. The number of rotatable bonds is 6. The molecule has 2 aromatic heterocycles. The van der Waals surface area contributed by atoms with Gasteiger partial charge in [-0.25, -0.2) is 19.8 Å². The van der Waals surface area contributed by atoms with Crippen LogP contribution in [0.1, 0.15) is 28.8 Å². The van der Waals surface area contributed by atoms with E-state index in [4.69, 9.17) is 5.21 Å². The van der Waals surface area contributed by atoms with E-state index in [1.165, 1.54) is 24.0 Å². The Kier molecular flexibility index (Phi) is 5.91. The monoisotopic (exact) mass is 412 g/mol. The third-order valence-corrected chi connectivity index (χ3v) is 5.68. The van der Waals surface area contributed by atoms with Crippen LogP contribution in [-0.4, -0.2) is 45.3 Å². The molecule has 1 amide bonds. The molecule has 8 nitrogen and oxygen atoms in total. The van der Waals surface area contributed by atoms with Crippen LogP contribution >= 0.6 is 0 Å². The van der Waals surface area contributed by atoms with Gasteiger partial charge in [0.1, 0.15) is 5.82 Å². The van der Waals surface area contributed by atoms with Crippen LogP contribution < -0.4 is 15.7 Å². The first-order valence-electron chi connectivity index (χ1n) is 10.0. The van der Waals surface area contributed by atoms with Crippen LogP contribution in [0.5, 0.6) is 0 Å². The van der Waals surface area contributed by atoms with Gasteiger partial charge in [0.25, 0.3) is 5.91 Å². The lowest BCUT2D eigenvalue weighted by Crippen LogP contribution is -2.38. The molecular weight excluding hydrogens is 387 g/mol. The van der Waals surface area contributed by atoms with E-state index < -0.39 is 5.91 Å². The van der Waals surface area contributed by atoms with Crippen molar-refractivity contribution in [3.63, 3.8) is 0 Å². The lowest BCUT2D eigenvalue weighted by molar-refractivity contribution is 0.0705. The average Bonchev–Trinajstić information content (AvgIpc) is 3.08. The first-order valence-corrected chi connectivity index (χ1v) is 10.0. The lowest BCUT2D eigenvalue weighted by Gasteiger charge is -2.32. The van der Waals surface area contributed by atoms with Crippen LogP contribution in [0.25, 0.3) is 10.9 Å². The number of fused-ring (bicyclic) bond motifs is 1. The molecule has 1 aliphatic rings. The quantitative estimate of drug-likeness (QED) is 0.425. The molecule has 1 saturated heterocycles. The van der Waals surface area contributed by atoms with Gasteiger partial charge in [-0.15, -0.1) is 0 Å². The molecule has 0 aliphatic carbocycles. The Balaban J connectivity index is 1.27. The molecule has 4 rings (SSSR count). The number of benzene rings is 1. The van der Waals surface area contributed by atoms with Crippen molar-refractivity contribution in [2.75, 3.05) is 24.5 Å². The van der Waals surface area contributed by atoms with Gasteiger partial charge in [0.05, 0.1) is 11.1 Å². The second-order valence-electron chi connectivity index (χ2n) is 7.70.